The van der Waals surface area contributed by atoms with Crippen molar-refractivity contribution in [1.29, 1.82) is 0 Å². The van der Waals surface area contributed by atoms with Crippen molar-refractivity contribution >= 4 is 0 Å². The second-order valence-corrected chi connectivity index (χ2v) is 8.52. The molecule has 0 saturated carbocycles. The molecule has 2 heterocycles. The maximum Gasteiger partial charge on any atom is 0.161 e. The van der Waals surface area contributed by atoms with Crippen LogP contribution in [-0.2, 0) is 6.42 Å². The first-order valence-corrected chi connectivity index (χ1v) is 9.01. The molecule has 0 aliphatic carbocycles. The Morgan fingerprint density at radius 3 is 2.38 bits per heavy atom. The van der Waals surface area contributed by atoms with E-state index in [4.69, 9.17) is 9.47 Å². The Morgan fingerprint density at radius 1 is 1.08 bits per heavy atom. The number of benzene rings is 1. The molecule has 2 atom stereocenters. The molecule has 0 bridgehead atoms. The van der Waals surface area contributed by atoms with E-state index in [1.54, 1.807) is 14.2 Å². The second-order valence-electron chi connectivity index (χ2n) is 8.52. The molecule has 0 unspecified atom stereocenters. The number of rotatable bonds is 3. The summed E-state index contributed by atoms with van der Waals surface area (Å²) in [5, 5.41) is 0. The molecule has 1 fully saturated rings. The number of ether oxygens (including phenoxy) is 2. The Bertz CT molecular complexity index is 594. The Kier molecular flexibility index (Phi) is 4.80. The molecule has 1 aromatic carbocycles. The lowest BCUT2D eigenvalue weighted by molar-refractivity contribution is 0.0213. The monoisotopic (exact) mass is 332 g/mol. The summed E-state index contributed by atoms with van der Waals surface area (Å²) in [4.78, 5) is 5.23. The van der Waals surface area contributed by atoms with Crippen LogP contribution in [0.1, 0.15) is 44.4 Å². The van der Waals surface area contributed by atoms with Gasteiger partial charge in [0.05, 0.1) is 14.2 Å². The third kappa shape index (κ3) is 3.40. The van der Waals surface area contributed by atoms with E-state index in [9.17, 15) is 0 Å². The fraction of sp³-hybridized carbons (Fsp3) is 0.700. The maximum absolute atomic E-state index is 5.54. The second kappa shape index (κ2) is 6.57. The zero-order valence-corrected chi connectivity index (χ0v) is 16.1. The maximum atomic E-state index is 5.54. The van der Waals surface area contributed by atoms with Crippen molar-refractivity contribution in [3.63, 3.8) is 0 Å². The number of hydrogen-bond acceptors (Lipinski definition) is 4. The lowest BCUT2D eigenvalue weighted by atomic mass is 9.84. The largest absolute Gasteiger partial charge is 0.493 e. The van der Waals surface area contributed by atoms with Crippen molar-refractivity contribution in [2.24, 2.45) is 5.41 Å². The highest BCUT2D eigenvalue weighted by Crippen LogP contribution is 2.40. The fourth-order valence-electron chi connectivity index (χ4n) is 4.27. The minimum absolute atomic E-state index is 0.371. The molecule has 4 nitrogen and oxygen atoms in total. The van der Waals surface area contributed by atoms with Gasteiger partial charge in [-0.15, -0.1) is 0 Å². The summed E-state index contributed by atoms with van der Waals surface area (Å²) < 4.78 is 11.0. The van der Waals surface area contributed by atoms with Crippen molar-refractivity contribution < 1.29 is 9.47 Å². The number of piperazine rings is 1. The van der Waals surface area contributed by atoms with Gasteiger partial charge in [0.2, 0.25) is 0 Å². The number of hydrogen-bond donors (Lipinski definition) is 0. The SMILES string of the molecule is COc1cc2c(cc1OC)[C@H]1CN(C)[C@H](CC(C)(C)C)CN1CC2. The van der Waals surface area contributed by atoms with E-state index in [0.29, 0.717) is 17.5 Å². The van der Waals surface area contributed by atoms with Crippen LogP contribution >= 0.6 is 0 Å². The standard InChI is InChI=1S/C20H32N2O2/c1-20(2,3)11-15-12-22-8-7-14-9-18(23-5)19(24-6)10-16(14)17(22)13-21(15)4/h9-10,15,17H,7-8,11-13H2,1-6H3/t15-,17-/m1/s1. The molecule has 4 heteroatoms. The number of methoxy groups -OCH3 is 2. The van der Waals surface area contributed by atoms with Crippen molar-refractivity contribution in [1.82, 2.24) is 9.80 Å². The summed E-state index contributed by atoms with van der Waals surface area (Å²) in [6, 6.07) is 5.48. The molecule has 2 aliphatic rings. The summed E-state index contributed by atoms with van der Waals surface area (Å²) in [5.74, 6) is 1.69. The molecule has 24 heavy (non-hydrogen) atoms. The van der Waals surface area contributed by atoms with E-state index in [2.05, 4.69) is 49.8 Å². The average molecular weight is 332 g/mol. The summed E-state index contributed by atoms with van der Waals surface area (Å²) in [5.41, 5.74) is 3.20. The molecule has 0 radical (unpaired) electrons. The highest BCUT2D eigenvalue weighted by molar-refractivity contribution is 5.49. The topological polar surface area (TPSA) is 24.9 Å². The number of fused-ring (bicyclic) bond motifs is 3. The Morgan fingerprint density at radius 2 is 1.75 bits per heavy atom. The normalized spacial score (nSPS) is 25.1. The van der Waals surface area contributed by atoms with Crippen LogP contribution in [0.25, 0.3) is 0 Å². The summed E-state index contributed by atoms with van der Waals surface area (Å²) >= 11 is 0. The molecule has 0 spiro atoms. The van der Waals surface area contributed by atoms with Crippen LogP contribution in [0, 0.1) is 5.41 Å². The van der Waals surface area contributed by atoms with Crippen LogP contribution in [0.3, 0.4) is 0 Å². The van der Waals surface area contributed by atoms with E-state index in [1.165, 1.54) is 17.5 Å². The third-order valence-corrected chi connectivity index (χ3v) is 5.49. The molecule has 0 aromatic heterocycles. The van der Waals surface area contributed by atoms with Gasteiger partial charge in [-0.3, -0.25) is 4.90 Å². The number of likely N-dealkylation sites (N-methyl/N-ethyl adjacent to an activating group) is 1. The molecule has 2 aliphatic heterocycles. The van der Waals surface area contributed by atoms with Crippen molar-refractivity contribution in [2.45, 2.75) is 45.7 Å². The Hall–Kier alpha value is -1.26. The van der Waals surface area contributed by atoms with Gasteiger partial charge in [-0.25, -0.2) is 0 Å². The molecule has 0 N–H and O–H groups in total. The predicted octanol–water partition coefficient (Wildman–Crippen LogP) is 3.35. The Balaban J connectivity index is 1.86. The van der Waals surface area contributed by atoms with Crippen LogP contribution in [0.2, 0.25) is 0 Å². The van der Waals surface area contributed by atoms with Crippen molar-refractivity contribution in [3.8, 4) is 11.5 Å². The van der Waals surface area contributed by atoms with Gasteiger partial charge in [0.25, 0.3) is 0 Å². The van der Waals surface area contributed by atoms with Gasteiger partial charge in [0, 0.05) is 31.7 Å². The van der Waals surface area contributed by atoms with Gasteiger partial charge in [0.1, 0.15) is 0 Å². The zero-order chi connectivity index (χ0) is 17.5. The van der Waals surface area contributed by atoms with Crippen molar-refractivity contribution in [3.05, 3.63) is 23.3 Å². The van der Waals surface area contributed by atoms with Gasteiger partial charge in [-0.05, 0) is 48.6 Å². The van der Waals surface area contributed by atoms with Crippen LogP contribution in [0.15, 0.2) is 12.1 Å². The highest BCUT2D eigenvalue weighted by atomic mass is 16.5. The quantitative estimate of drug-likeness (QED) is 0.847. The molecule has 0 amide bonds. The predicted molar refractivity (Wildman–Crippen MR) is 98.1 cm³/mol. The van der Waals surface area contributed by atoms with Gasteiger partial charge in [0.15, 0.2) is 11.5 Å². The van der Waals surface area contributed by atoms with Gasteiger partial charge >= 0.3 is 0 Å². The third-order valence-electron chi connectivity index (χ3n) is 5.49. The van der Waals surface area contributed by atoms with Crippen LogP contribution in [0.5, 0.6) is 11.5 Å². The fourth-order valence-corrected chi connectivity index (χ4v) is 4.27. The zero-order valence-electron chi connectivity index (χ0n) is 16.1. The van der Waals surface area contributed by atoms with Crippen LogP contribution in [-0.4, -0.2) is 56.7 Å². The van der Waals surface area contributed by atoms with Crippen molar-refractivity contribution in [2.75, 3.05) is 40.9 Å². The van der Waals surface area contributed by atoms with E-state index in [-0.39, 0.29) is 0 Å². The van der Waals surface area contributed by atoms with Gasteiger partial charge in [-0.2, -0.15) is 0 Å². The van der Waals surface area contributed by atoms with Gasteiger partial charge < -0.3 is 14.4 Å². The first kappa shape index (κ1) is 17.6. The smallest absolute Gasteiger partial charge is 0.161 e. The summed E-state index contributed by atoms with van der Waals surface area (Å²) in [7, 11) is 5.71. The molecule has 1 saturated heterocycles. The van der Waals surface area contributed by atoms with E-state index >= 15 is 0 Å². The summed E-state index contributed by atoms with van der Waals surface area (Å²) in [6.07, 6.45) is 2.34. The first-order chi connectivity index (χ1) is 11.3. The van der Waals surface area contributed by atoms with E-state index in [0.717, 1.165) is 37.6 Å². The van der Waals surface area contributed by atoms with E-state index in [1.807, 2.05) is 0 Å². The average Bonchev–Trinajstić information content (AvgIpc) is 2.53. The van der Waals surface area contributed by atoms with E-state index < -0.39 is 0 Å². The lowest BCUT2D eigenvalue weighted by Crippen LogP contribution is -2.55. The Labute approximate surface area is 146 Å². The lowest BCUT2D eigenvalue weighted by Gasteiger charge is -2.49. The summed E-state index contributed by atoms with van der Waals surface area (Å²) in [6.45, 7) is 10.4. The van der Waals surface area contributed by atoms with Gasteiger partial charge in [-0.1, -0.05) is 20.8 Å². The minimum Gasteiger partial charge on any atom is -0.493 e. The highest BCUT2D eigenvalue weighted by Gasteiger charge is 2.37. The molecular formula is C20H32N2O2. The van der Waals surface area contributed by atoms with Crippen LogP contribution < -0.4 is 9.47 Å². The molecule has 134 valence electrons. The van der Waals surface area contributed by atoms with Crippen LogP contribution in [0.4, 0.5) is 0 Å². The minimum atomic E-state index is 0.371. The molecular weight excluding hydrogens is 300 g/mol. The molecule has 1 aromatic rings. The first-order valence-electron chi connectivity index (χ1n) is 9.01. The number of nitrogens with zero attached hydrogens (tertiary/aromatic N) is 2. The molecule has 3 rings (SSSR count).